The number of aliphatic imine (C=N–C) groups is 1. The highest BCUT2D eigenvalue weighted by molar-refractivity contribution is 5.76. The van der Waals surface area contributed by atoms with Crippen LogP contribution >= 0.6 is 0 Å². The smallest absolute Gasteiger partial charge is 0.290 e. The number of hydrogen-bond donors (Lipinski definition) is 2. The summed E-state index contributed by atoms with van der Waals surface area (Å²) in [5.74, 6) is -0.182. The van der Waals surface area contributed by atoms with Crippen molar-refractivity contribution in [2.75, 3.05) is 13.7 Å². The maximum Gasteiger partial charge on any atom is 0.290 e. The van der Waals surface area contributed by atoms with Crippen molar-refractivity contribution in [1.29, 1.82) is 0 Å². The molecule has 0 fully saturated rings. The second-order valence-electron chi connectivity index (χ2n) is 6.47. The van der Waals surface area contributed by atoms with E-state index in [2.05, 4.69) is 4.99 Å². The fraction of sp³-hybridized carbons (Fsp3) is 0.130. The number of halogens is 1. The second-order valence-corrected chi connectivity index (χ2v) is 6.47. The average Bonchev–Trinajstić information content (AvgIpc) is 3.18. The van der Waals surface area contributed by atoms with Crippen molar-refractivity contribution >= 4 is 12.5 Å². The molecule has 0 amide bonds. The lowest BCUT2D eigenvalue weighted by atomic mass is 9.83. The first kappa shape index (κ1) is 20.9. The van der Waals surface area contributed by atoms with Gasteiger partial charge in [-0.3, -0.25) is 4.79 Å². The van der Waals surface area contributed by atoms with Gasteiger partial charge in [0.25, 0.3) is 12.5 Å². The van der Waals surface area contributed by atoms with E-state index >= 15 is 0 Å². The Bertz CT molecular complexity index is 1060. The number of carboxylic acid groups (broad SMARTS) is 1. The van der Waals surface area contributed by atoms with Crippen LogP contribution in [0.15, 0.2) is 77.8 Å². The largest absolute Gasteiger partial charge is 0.494 e. The van der Waals surface area contributed by atoms with Crippen molar-refractivity contribution in [2.45, 2.75) is 5.54 Å². The molecule has 4 rings (SSSR count). The number of rotatable bonds is 4. The average molecular weight is 408 g/mol. The maximum absolute atomic E-state index is 14.8. The van der Waals surface area contributed by atoms with Gasteiger partial charge in [-0.05, 0) is 28.8 Å². The fourth-order valence-electron chi connectivity index (χ4n) is 3.44. The summed E-state index contributed by atoms with van der Waals surface area (Å²) >= 11 is 0. The molecule has 30 heavy (non-hydrogen) atoms. The van der Waals surface area contributed by atoms with E-state index in [-0.39, 0.29) is 18.2 Å². The van der Waals surface area contributed by atoms with Gasteiger partial charge in [0, 0.05) is 5.56 Å². The molecule has 7 heteroatoms. The van der Waals surface area contributed by atoms with E-state index in [1.54, 1.807) is 18.2 Å². The van der Waals surface area contributed by atoms with Crippen LogP contribution in [0.2, 0.25) is 0 Å². The van der Waals surface area contributed by atoms with Gasteiger partial charge >= 0.3 is 0 Å². The molecule has 0 bridgehead atoms. The van der Waals surface area contributed by atoms with Crippen LogP contribution in [0.25, 0.3) is 11.1 Å². The molecule has 0 radical (unpaired) electrons. The normalized spacial score (nSPS) is 17.2. The van der Waals surface area contributed by atoms with Crippen LogP contribution in [0.4, 0.5) is 4.39 Å². The quantitative estimate of drug-likeness (QED) is 0.641. The third-order valence-electron chi connectivity index (χ3n) is 4.82. The van der Waals surface area contributed by atoms with Gasteiger partial charge in [-0.25, -0.2) is 9.38 Å². The third kappa shape index (κ3) is 3.96. The molecular weight excluding hydrogens is 387 g/mol. The number of nitrogens with two attached hydrogens (primary N) is 1. The number of ether oxygens (including phenoxy) is 2. The maximum atomic E-state index is 14.8. The minimum Gasteiger partial charge on any atom is -0.494 e. The molecular formula is C23H21FN2O4. The summed E-state index contributed by atoms with van der Waals surface area (Å²) in [5.41, 5.74) is 8.15. The summed E-state index contributed by atoms with van der Waals surface area (Å²) in [6.45, 7) is 0.0485. The summed E-state index contributed by atoms with van der Waals surface area (Å²) in [7, 11) is 1.45. The molecule has 3 aromatic rings. The molecule has 0 aromatic heterocycles. The number of nitrogens with zero attached hydrogens (tertiary/aromatic N) is 1. The third-order valence-corrected chi connectivity index (χ3v) is 4.82. The van der Waals surface area contributed by atoms with E-state index in [1.165, 1.54) is 7.11 Å². The van der Waals surface area contributed by atoms with E-state index in [4.69, 9.17) is 25.1 Å². The highest BCUT2D eigenvalue weighted by Gasteiger charge is 2.40. The zero-order valence-corrected chi connectivity index (χ0v) is 16.3. The number of hydrogen-bond acceptors (Lipinski definition) is 5. The first-order valence-corrected chi connectivity index (χ1v) is 9.10. The van der Waals surface area contributed by atoms with Crippen LogP contribution in [0, 0.1) is 5.82 Å². The SMILES string of the molecule is COc1cccc(-c2cccc(C3(c4ccccc4)COC(N)=N3)c2)c1F.O=CO. The summed E-state index contributed by atoms with van der Waals surface area (Å²) in [6, 6.07) is 22.7. The highest BCUT2D eigenvalue weighted by atomic mass is 19.1. The first-order chi connectivity index (χ1) is 14.6. The highest BCUT2D eigenvalue weighted by Crippen LogP contribution is 2.39. The van der Waals surface area contributed by atoms with Crippen molar-refractivity contribution in [3.63, 3.8) is 0 Å². The molecule has 3 aromatic carbocycles. The standard InChI is InChI=1S/C22H19FN2O2.CH2O2/c1-26-19-12-6-11-18(20(19)23)15-7-5-10-17(13-15)22(14-27-21(24)25-22)16-8-3-2-4-9-16;2-1-3/h2-13H,14H2,1H3,(H2,24,25);1H,(H,2,3). The fourth-order valence-corrected chi connectivity index (χ4v) is 3.44. The van der Waals surface area contributed by atoms with Crippen molar-refractivity contribution in [3.8, 4) is 16.9 Å². The Kier molecular flexibility index (Phi) is 6.32. The Balaban J connectivity index is 0.000000806. The van der Waals surface area contributed by atoms with E-state index in [0.29, 0.717) is 12.2 Å². The predicted molar refractivity (Wildman–Crippen MR) is 112 cm³/mol. The topological polar surface area (TPSA) is 94.1 Å². The number of carbonyl (C=O) groups is 1. The first-order valence-electron chi connectivity index (χ1n) is 9.10. The lowest BCUT2D eigenvalue weighted by molar-refractivity contribution is -0.122. The minimum atomic E-state index is -0.753. The number of methoxy groups -OCH3 is 1. The Morgan fingerprint density at radius 3 is 2.40 bits per heavy atom. The van der Waals surface area contributed by atoms with Crippen LogP contribution < -0.4 is 10.5 Å². The molecule has 1 unspecified atom stereocenters. The van der Waals surface area contributed by atoms with Crippen LogP contribution in [0.1, 0.15) is 11.1 Å². The lowest BCUT2D eigenvalue weighted by Gasteiger charge is -2.25. The molecule has 0 spiro atoms. The van der Waals surface area contributed by atoms with E-state index < -0.39 is 11.4 Å². The van der Waals surface area contributed by atoms with Gasteiger partial charge in [-0.15, -0.1) is 0 Å². The molecule has 1 aliphatic rings. The van der Waals surface area contributed by atoms with Gasteiger partial charge in [0.1, 0.15) is 6.61 Å². The zero-order chi connectivity index (χ0) is 21.6. The van der Waals surface area contributed by atoms with Crippen molar-refractivity contribution in [2.24, 2.45) is 10.7 Å². The Labute approximate surface area is 173 Å². The molecule has 6 nitrogen and oxygen atoms in total. The van der Waals surface area contributed by atoms with Gasteiger partial charge in [-0.1, -0.05) is 60.7 Å². The molecule has 0 saturated heterocycles. The Morgan fingerprint density at radius 2 is 1.77 bits per heavy atom. The van der Waals surface area contributed by atoms with E-state index in [0.717, 1.165) is 16.7 Å². The predicted octanol–water partition coefficient (Wildman–Crippen LogP) is 3.79. The van der Waals surface area contributed by atoms with Gasteiger partial charge in [-0.2, -0.15) is 0 Å². The molecule has 3 N–H and O–H groups in total. The van der Waals surface area contributed by atoms with E-state index in [1.807, 2.05) is 54.6 Å². The minimum absolute atomic E-state index is 0.150. The number of benzene rings is 3. The van der Waals surface area contributed by atoms with Crippen LogP contribution in [0.3, 0.4) is 0 Å². The molecule has 1 heterocycles. The van der Waals surface area contributed by atoms with Gasteiger partial charge in [0.2, 0.25) is 0 Å². The summed E-state index contributed by atoms with van der Waals surface area (Å²) < 4.78 is 25.4. The number of amidine groups is 1. The Hall–Kier alpha value is -3.87. The summed E-state index contributed by atoms with van der Waals surface area (Å²) in [5, 5.41) is 6.89. The lowest BCUT2D eigenvalue weighted by Crippen LogP contribution is -2.27. The second kappa shape index (κ2) is 9.09. The van der Waals surface area contributed by atoms with Gasteiger partial charge < -0.3 is 20.3 Å². The van der Waals surface area contributed by atoms with Crippen molar-refractivity contribution in [3.05, 3.63) is 89.7 Å². The Morgan fingerprint density at radius 1 is 1.10 bits per heavy atom. The van der Waals surface area contributed by atoms with Crippen LogP contribution in [-0.2, 0) is 15.1 Å². The monoisotopic (exact) mass is 408 g/mol. The molecule has 1 aliphatic heterocycles. The van der Waals surface area contributed by atoms with Crippen LogP contribution in [0.5, 0.6) is 5.75 Å². The molecule has 0 aliphatic carbocycles. The van der Waals surface area contributed by atoms with Crippen molar-refractivity contribution < 1.29 is 23.8 Å². The van der Waals surface area contributed by atoms with Gasteiger partial charge in [0.15, 0.2) is 17.1 Å². The molecule has 0 saturated carbocycles. The summed E-state index contributed by atoms with van der Waals surface area (Å²) in [6.07, 6.45) is 0. The van der Waals surface area contributed by atoms with Crippen molar-refractivity contribution in [1.82, 2.24) is 0 Å². The van der Waals surface area contributed by atoms with E-state index in [9.17, 15) is 4.39 Å². The van der Waals surface area contributed by atoms with Crippen LogP contribution in [-0.4, -0.2) is 31.3 Å². The van der Waals surface area contributed by atoms with Gasteiger partial charge in [0.05, 0.1) is 7.11 Å². The molecule has 154 valence electrons. The zero-order valence-electron chi connectivity index (χ0n) is 16.3. The summed E-state index contributed by atoms with van der Waals surface area (Å²) in [4.78, 5) is 13.0. The molecule has 1 atom stereocenters.